The molecular weight excluding hydrogens is 206 g/mol. The fourth-order valence-electron chi connectivity index (χ4n) is 1.56. The Labute approximate surface area is 93.9 Å². The highest BCUT2D eigenvalue weighted by Gasteiger charge is 2.42. The summed E-state index contributed by atoms with van der Waals surface area (Å²) in [5.74, 6) is 1.40. The summed E-state index contributed by atoms with van der Waals surface area (Å²) in [5, 5.41) is 12.3. The van der Waals surface area contributed by atoms with Crippen LogP contribution in [0.4, 0.5) is 5.82 Å². The molecule has 1 aromatic rings. The predicted octanol–water partition coefficient (Wildman–Crippen LogP) is 0.830. The predicted molar refractivity (Wildman–Crippen MR) is 61.6 cm³/mol. The maximum Gasteiger partial charge on any atom is 0.252 e. The Bertz CT molecular complexity index is 435. The summed E-state index contributed by atoms with van der Waals surface area (Å²) >= 11 is 0. The van der Waals surface area contributed by atoms with Crippen LogP contribution >= 0.6 is 0 Å². The van der Waals surface area contributed by atoms with Crippen LogP contribution in [0, 0.1) is 0 Å². The molecule has 0 bridgehead atoms. The molecule has 5 nitrogen and oxygen atoms in total. The van der Waals surface area contributed by atoms with Crippen molar-refractivity contribution in [2.45, 2.75) is 38.1 Å². The highest BCUT2D eigenvalue weighted by molar-refractivity contribution is 5.40. The summed E-state index contributed by atoms with van der Waals surface area (Å²) in [6.07, 6.45) is 1.85. The average Bonchev–Trinajstić information content (AvgIpc) is 2.97. The van der Waals surface area contributed by atoms with E-state index >= 15 is 0 Å². The first-order valence-electron chi connectivity index (χ1n) is 5.55. The van der Waals surface area contributed by atoms with Crippen molar-refractivity contribution in [1.29, 1.82) is 0 Å². The standard InChI is InChI=1S/C11H17N3O2/c1-7(2)10-12-8(5-9(16)13-10)14-11(6-15)3-4-11/h5,7,15H,3-4,6H2,1-2H3,(H2,12,13,14,16). The van der Waals surface area contributed by atoms with Crippen molar-refractivity contribution in [2.75, 3.05) is 11.9 Å². The van der Waals surface area contributed by atoms with Crippen molar-refractivity contribution in [1.82, 2.24) is 9.97 Å². The maximum absolute atomic E-state index is 11.4. The van der Waals surface area contributed by atoms with Crippen molar-refractivity contribution in [3.63, 3.8) is 0 Å². The maximum atomic E-state index is 11.4. The molecule has 0 amide bonds. The number of nitrogens with zero attached hydrogens (tertiary/aromatic N) is 1. The van der Waals surface area contributed by atoms with Gasteiger partial charge in [-0.2, -0.15) is 0 Å². The number of aromatic nitrogens is 2. The van der Waals surface area contributed by atoms with Crippen LogP contribution in [0.25, 0.3) is 0 Å². The average molecular weight is 223 g/mol. The SMILES string of the molecule is CC(C)c1nc(NC2(CO)CC2)cc(=O)[nH]1. The molecule has 2 rings (SSSR count). The smallest absolute Gasteiger partial charge is 0.252 e. The lowest BCUT2D eigenvalue weighted by atomic mass is 10.2. The summed E-state index contributed by atoms with van der Waals surface area (Å²) < 4.78 is 0. The molecule has 16 heavy (non-hydrogen) atoms. The molecule has 1 aromatic heterocycles. The first-order valence-corrected chi connectivity index (χ1v) is 5.55. The highest BCUT2D eigenvalue weighted by Crippen LogP contribution is 2.37. The second-order valence-electron chi connectivity index (χ2n) is 4.73. The van der Waals surface area contributed by atoms with E-state index in [4.69, 9.17) is 0 Å². The van der Waals surface area contributed by atoms with Gasteiger partial charge in [-0.3, -0.25) is 4.79 Å². The number of aliphatic hydroxyl groups excluding tert-OH is 1. The molecule has 1 fully saturated rings. The molecule has 1 aliphatic rings. The van der Waals surface area contributed by atoms with Crippen molar-refractivity contribution >= 4 is 5.82 Å². The second-order valence-corrected chi connectivity index (χ2v) is 4.73. The lowest BCUT2D eigenvalue weighted by Gasteiger charge is -2.15. The minimum atomic E-state index is -0.241. The van der Waals surface area contributed by atoms with Gasteiger partial charge in [-0.05, 0) is 12.8 Å². The molecule has 1 aliphatic carbocycles. The number of aromatic amines is 1. The van der Waals surface area contributed by atoms with Gasteiger partial charge in [0.2, 0.25) is 0 Å². The minimum Gasteiger partial charge on any atom is -0.394 e. The van der Waals surface area contributed by atoms with E-state index in [1.807, 2.05) is 13.8 Å². The summed E-state index contributed by atoms with van der Waals surface area (Å²) in [7, 11) is 0. The van der Waals surface area contributed by atoms with Crippen LogP contribution in [-0.2, 0) is 0 Å². The quantitative estimate of drug-likeness (QED) is 0.706. The molecule has 0 saturated heterocycles. The van der Waals surface area contributed by atoms with E-state index < -0.39 is 0 Å². The Hall–Kier alpha value is -1.36. The molecular formula is C11H17N3O2. The molecule has 1 saturated carbocycles. The summed E-state index contributed by atoms with van der Waals surface area (Å²) in [6, 6.07) is 1.43. The van der Waals surface area contributed by atoms with Gasteiger partial charge in [0.05, 0.1) is 12.1 Å². The Balaban J connectivity index is 2.24. The van der Waals surface area contributed by atoms with Gasteiger partial charge in [0.1, 0.15) is 11.6 Å². The molecule has 0 spiro atoms. The molecule has 0 aliphatic heterocycles. The zero-order chi connectivity index (χ0) is 11.8. The van der Waals surface area contributed by atoms with Crippen LogP contribution in [0.2, 0.25) is 0 Å². The van der Waals surface area contributed by atoms with Crippen LogP contribution in [0.15, 0.2) is 10.9 Å². The first-order chi connectivity index (χ1) is 7.54. The molecule has 0 unspecified atom stereocenters. The van der Waals surface area contributed by atoms with Gasteiger partial charge in [-0.15, -0.1) is 0 Å². The number of nitrogens with one attached hydrogen (secondary N) is 2. The molecule has 3 N–H and O–H groups in total. The van der Waals surface area contributed by atoms with E-state index in [1.54, 1.807) is 0 Å². The molecule has 88 valence electrons. The Morgan fingerprint density at radius 3 is 2.81 bits per heavy atom. The summed E-state index contributed by atoms with van der Waals surface area (Å²) in [5.41, 5.74) is -0.398. The van der Waals surface area contributed by atoms with Crippen molar-refractivity contribution in [3.05, 3.63) is 22.2 Å². The van der Waals surface area contributed by atoms with Gasteiger partial charge in [0.15, 0.2) is 0 Å². The zero-order valence-corrected chi connectivity index (χ0v) is 9.58. The first kappa shape index (κ1) is 11.1. The van der Waals surface area contributed by atoms with E-state index in [2.05, 4.69) is 15.3 Å². The largest absolute Gasteiger partial charge is 0.394 e. The molecule has 0 aromatic carbocycles. The minimum absolute atomic E-state index is 0.0818. The van der Waals surface area contributed by atoms with Gasteiger partial charge in [-0.25, -0.2) is 4.98 Å². The lowest BCUT2D eigenvalue weighted by Crippen LogP contribution is -2.27. The van der Waals surface area contributed by atoms with Crippen molar-refractivity contribution in [2.24, 2.45) is 0 Å². The third kappa shape index (κ3) is 2.24. The fourth-order valence-corrected chi connectivity index (χ4v) is 1.56. The van der Waals surface area contributed by atoms with Crippen LogP contribution in [0.1, 0.15) is 38.4 Å². The van der Waals surface area contributed by atoms with Gasteiger partial charge in [-0.1, -0.05) is 13.8 Å². The summed E-state index contributed by atoms with van der Waals surface area (Å²) in [4.78, 5) is 18.4. The van der Waals surface area contributed by atoms with Gasteiger partial charge in [0.25, 0.3) is 5.56 Å². The van der Waals surface area contributed by atoms with Crippen LogP contribution in [0.3, 0.4) is 0 Å². The lowest BCUT2D eigenvalue weighted by molar-refractivity contribution is 0.266. The normalized spacial score (nSPS) is 17.5. The Morgan fingerprint density at radius 1 is 1.62 bits per heavy atom. The van der Waals surface area contributed by atoms with E-state index in [-0.39, 0.29) is 23.6 Å². The Morgan fingerprint density at radius 2 is 2.31 bits per heavy atom. The van der Waals surface area contributed by atoms with Crippen LogP contribution in [0.5, 0.6) is 0 Å². The number of aliphatic hydroxyl groups is 1. The number of anilines is 1. The van der Waals surface area contributed by atoms with Gasteiger partial charge >= 0.3 is 0 Å². The topological polar surface area (TPSA) is 78.0 Å². The van der Waals surface area contributed by atoms with E-state index in [0.717, 1.165) is 12.8 Å². The number of hydrogen-bond donors (Lipinski definition) is 3. The van der Waals surface area contributed by atoms with Crippen molar-refractivity contribution < 1.29 is 5.11 Å². The third-order valence-corrected chi connectivity index (χ3v) is 2.86. The Kier molecular flexibility index (Phi) is 2.71. The molecule has 0 radical (unpaired) electrons. The number of hydrogen-bond acceptors (Lipinski definition) is 4. The van der Waals surface area contributed by atoms with Gasteiger partial charge < -0.3 is 15.4 Å². The van der Waals surface area contributed by atoms with Crippen LogP contribution < -0.4 is 10.9 Å². The van der Waals surface area contributed by atoms with E-state index in [9.17, 15) is 9.90 Å². The highest BCUT2D eigenvalue weighted by atomic mass is 16.3. The fraction of sp³-hybridized carbons (Fsp3) is 0.636. The molecule has 5 heteroatoms. The van der Waals surface area contributed by atoms with Crippen LogP contribution in [-0.4, -0.2) is 27.2 Å². The third-order valence-electron chi connectivity index (χ3n) is 2.86. The monoisotopic (exact) mass is 223 g/mol. The van der Waals surface area contributed by atoms with Crippen molar-refractivity contribution in [3.8, 4) is 0 Å². The number of rotatable bonds is 4. The number of H-pyrrole nitrogens is 1. The van der Waals surface area contributed by atoms with Gasteiger partial charge in [0, 0.05) is 12.0 Å². The molecule has 1 heterocycles. The zero-order valence-electron chi connectivity index (χ0n) is 9.58. The van der Waals surface area contributed by atoms with E-state index in [1.165, 1.54) is 6.07 Å². The van der Waals surface area contributed by atoms with E-state index in [0.29, 0.717) is 11.6 Å². The second kappa shape index (κ2) is 3.90. The summed E-state index contributed by atoms with van der Waals surface area (Å²) in [6.45, 7) is 4.03. The molecule has 0 atom stereocenters.